The van der Waals surface area contributed by atoms with Crippen molar-refractivity contribution in [3.8, 4) is 0 Å². The normalized spacial score (nSPS) is 48.9. The maximum atomic E-state index is 2.58. The highest BCUT2D eigenvalue weighted by Gasteiger charge is 2.48. The lowest BCUT2D eigenvalue weighted by Gasteiger charge is -2.55. The van der Waals surface area contributed by atoms with Gasteiger partial charge in [0.05, 0.1) is 0 Å². The van der Waals surface area contributed by atoms with Gasteiger partial charge in [0.25, 0.3) is 0 Å². The molecule has 8 unspecified atom stereocenters. The third kappa shape index (κ3) is 2.95. The standard InChI is InChI=1S/C20H38/c1-7-9-17-15(5)16(6)18(10-8-2)20-12-14(4)13(3)11-19(17)20/h13-20H,7-12H2,1-6H3. The van der Waals surface area contributed by atoms with Gasteiger partial charge >= 0.3 is 0 Å². The van der Waals surface area contributed by atoms with Crippen molar-refractivity contribution in [2.75, 3.05) is 0 Å². The van der Waals surface area contributed by atoms with Crippen LogP contribution in [0, 0.1) is 47.3 Å². The van der Waals surface area contributed by atoms with Gasteiger partial charge in [-0.2, -0.15) is 0 Å². The molecular formula is C20H38. The highest BCUT2D eigenvalue weighted by molar-refractivity contribution is 4.97. The number of rotatable bonds is 4. The number of fused-ring (bicyclic) bond motifs is 1. The molecule has 2 aliphatic carbocycles. The molecule has 118 valence electrons. The van der Waals surface area contributed by atoms with Crippen molar-refractivity contribution < 1.29 is 0 Å². The summed E-state index contributed by atoms with van der Waals surface area (Å²) >= 11 is 0. The van der Waals surface area contributed by atoms with Crippen LogP contribution in [0.3, 0.4) is 0 Å². The van der Waals surface area contributed by atoms with Crippen LogP contribution in [-0.4, -0.2) is 0 Å². The third-order valence-electron chi connectivity index (χ3n) is 7.33. The van der Waals surface area contributed by atoms with Crippen LogP contribution < -0.4 is 0 Å². The Labute approximate surface area is 128 Å². The molecule has 8 atom stereocenters. The van der Waals surface area contributed by atoms with E-state index in [0.717, 1.165) is 47.3 Å². The minimum absolute atomic E-state index is 0.952. The summed E-state index contributed by atoms with van der Waals surface area (Å²) in [6.07, 6.45) is 8.77. The summed E-state index contributed by atoms with van der Waals surface area (Å²) in [5, 5.41) is 0. The first-order chi connectivity index (χ1) is 9.51. The Morgan fingerprint density at radius 3 is 1.30 bits per heavy atom. The highest BCUT2D eigenvalue weighted by atomic mass is 14.5. The molecule has 0 spiro atoms. The highest BCUT2D eigenvalue weighted by Crippen LogP contribution is 2.56. The van der Waals surface area contributed by atoms with E-state index in [1.165, 1.54) is 38.5 Å². The molecule has 2 saturated carbocycles. The van der Waals surface area contributed by atoms with Crippen LogP contribution in [0.25, 0.3) is 0 Å². The second-order valence-electron chi connectivity index (χ2n) is 8.38. The zero-order chi connectivity index (χ0) is 14.9. The first kappa shape index (κ1) is 16.4. The Kier molecular flexibility index (Phi) is 5.60. The van der Waals surface area contributed by atoms with E-state index < -0.39 is 0 Å². The lowest BCUT2D eigenvalue weighted by molar-refractivity contribution is -0.0617. The Bertz CT molecular complexity index is 264. The first-order valence-electron chi connectivity index (χ1n) is 9.51. The van der Waals surface area contributed by atoms with Gasteiger partial charge in [-0.15, -0.1) is 0 Å². The van der Waals surface area contributed by atoms with Crippen molar-refractivity contribution in [1.29, 1.82) is 0 Å². The van der Waals surface area contributed by atoms with E-state index in [1.807, 2.05) is 0 Å². The molecule has 0 bridgehead atoms. The molecular weight excluding hydrogens is 240 g/mol. The summed E-state index contributed by atoms with van der Waals surface area (Å²) in [6, 6.07) is 0. The summed E-state index contributed by atoms with van der Waals surface area (Å²) in [6.45, 7) is 15.0. The van der Waals surface area contributed by atoms with E-state index >= 15 is 0 Å². The summed E-state index contributed by atoms with van der Waals surface area (Å²) in [4.78, 5) is 0. The van der Waals surface area contributed by atoms with Gasteiger partial charge in [-0.1, -0.05) is 67.2 Å². The fraction of sp³-hybridized carbons (Fsp3) is 1.00. The van der Waals surface area contributed by atoms with Crippen LogP contribution in [0.15, 0.2) is 0 Å². The quantitative estimate of drug-likeness (QED) is 0.558. The van der Waals surface area contributed by atoms with Crippen molar-refractivity contribution in [1.82, 2.24) is 0 Å². The Morgan fingerprint density at radius 2 is 1.00 bits per heavy atom. The van der Waals surface area contributed by atoms with Gasteiger partial charge in [0.1, 0.15) is 0 Å². The monoisotopic (exact) mass is 278 g/mol. The number of hydrogen-bond donors (Lipinski definition) is 0. The van der Waals surface area contributed by atoms with Crippen LogP contribution in [0.2, 0.25) is 0 Å². The minimum atomic E-state index is 0.952. The third-order valence-corrected chi connectivity index (χ3v) is 7.33. The van der Waals surface area contributed by atoms with Crippen molar-refractivity contribution in [3.05, 3.63) is 0 Å². The molecule has 2 rings (SSSR count). The molecule has 0 aromatic carbocycles. The molecule has 2 aliphatic rings. The maximum Gasteiger partial charge on any atom is -0.0349 e. The SMILES string of the molecule is CCCC1C(C)C(C)C(CCC)C2CC(C)C(C)CC12. The van der Waals surface area contributed by atoms with Gasteiger partial charge in [-0.25, -0.2) is 0 Å². The van der Waals surface area contributed by atoms with E-state index in [0.29, 0.717) is 0 Å². The predicted octanol–water partition coefficient (Wildman–Crippen LogP) is 6.40. The average Bonchev–Trinajstić information content (AvgIpc) is 2.42. The Hall–Kier alpha value is 0. The molecule has 0 amide bonds. The molecule has 0 heteroatoms. The molecule has 0 aromatic heterocycles. The Morgan fingerprint density at radius 1 is 0.650 bits per heavy atom. The zero-order valence-corrected chi connectivity index (χ0v) is 14.9. The first-order valence-corrected chi connectivity index (χ1v) is 9.51. The van der Waals surface area contributed by atoms with Crippen molar-refractivity contribution in [2.24, 2.45) is 47.3 Å². The molecule has 0 aromatic rings. The maximum absolute atomic E-state index is 2.58. The van der Waals surface area contributed by atoms with Gasteiger partial charge in [0.15, 0.2) is 0 Å². The lowest BCUT2D eigenvalue weighted by Crippen LogP contribution is -2.48. The van der Waals surface area contributed by atoms with E-state index in [1.54, 1.807) is 0 Å². The van der Waals surface area contributed by atoms with Gasteiger partial charge < -0.3 is 0 Å². The fourth-order valence-electron chi connectivity index (χ4n) is 5.84. The second kappa shape index (κ2) is 6.84. The van der Waals surface area contributed by atoms with Crippen molar-refractivity contribution >= 4 is 0 Å². The van der Waals surface area contributed by atoms with Crippen LogP contribution in [0.1, 0.15) is 80.1 Å². The largest absolute Gasteiger partial charge is 0.0654 e. The summed E-state index contributed by atoms with van der Waals surface area (Å²) < 4.78 is 0. The molecule has 20 heavy (non-hydrogen) atoms. The molecule has 2 fully saturated rings. The van der Waals surface area contributed by atoms with Crippen LogP contribution in [-0.2, 0) is 0 Å². The molecule has 0 N–H and O–H groups in total. The second-order valence-corrected chi connectivity index (χ2v) is 8.38. The topological polar surface area (TPSA) is 0 Å². The van der Waals surface area contributed by atoms with E-state index in [-0.39, 0.29) is 0 Å². The number of hydrogen-bond acceptors (Lipinski definition) is 0. The average molecular weight is 279 g/mol. The van der Waals surface area contributed by atoms with E-state index in [9.17, 15) is 0 Å². The minimum Gasteiger partial charge on any atom is -0.0654 e. The summed E-state index contributed by atoms with van der Waals surface area (Å²) in [5.41, 5.74) is 0. The molecule has 0 heterocycles. The summed E-state index contributed by atoms with van der Waals surface area (Å²) in [5.74, 6) is 7.94. The van der Waals surface area contributed by atoms with Gasteiger partial charge in [-0.05, 0) is 60.2 Å². The smallest absolute Gasteiger partial charge is 0.0349 e. The molecule has 0 aliphatic heterocycles. The predicted molar refractivity (Wildman–Crippen MR) is 89.7 cm³/mol. The summed E-state index contributed by atoms with van der Waals surface area (Å²) in [7, 11) is 0. The molecule has 0 nitrogen and oxygen atoms in total. The molecule has 0 saturated heterocycles. The van der Waals surface area contributed by atoms with Gasteiger partial charge in [-0.3, -0.25) is 0 Å². The van der Waals surface area contributed by atoms with Crippen LogP contribution in [0.5, 0.6) is 0 Å². The van der Waals surface area contributed by atoms with Gasteiger partial charge in [0, 0.05) is 0 Å². The van der Waals surface area contributed by atoms with Crippen molar-refractivity contribution in [3.63, 3.8) is 0 Å². The van der Waals surface area contributed by atoms with Crippen molar-refractivity contribution in [2.45, 2.75) is 80.1 Å². The van der Waals surface area contributed by atoms with E-state index in [2.05, 4.69) is 41.5 Å². The van der Waals surface area contributed by atoms with Crippen LogP contribution in [0.4, 0.5) is 0 Å². The van der Waals surface area contributed by atoms with E-state index in [4.69, 9.17) is 0 Å². The zero-order valence-electron chi connectivity index (χ0n) is 14.9. The van der Waals surface area contributed by atoms with Gasteiger partial charge in [0.2, 0.25) is 0 Å². The molecule has 0 radical (unpaired) electrons. The Balaban J connectivity index is 2.24. The lowest BCUT2D eigenvalue weighted by atomic mass is 9.50. The fourth-order valence-corrected chi connectivity index (χ4v) is 5.84. The van der Waals surface area contributed by atoms with Crippen LogP contribution >= 0.6 is 0 Å².